The third-order valence-electron chi connectivity index (χ3n) is 21.6. The van der Waals surface area contributed by atoms with Crippen LogP contribution < -0.4 is 26.8 Å². The number of nitrogens with two attached hydrogens (primary N) is 1. The summed E-state index contributed by atoms with van der Waals surface area (Å²) in [6, 6.07) is 26.8. The van der Waals surface area contributed by atoms with Crippen LogP contribution in [0.2, 0.25) is 72.5 Å². The van der Waals surface area contributed by atoms with E-state index >= 15 is 4.79 Å². The number of fused-ring (bicyclic) bond motifs is 1. The number of carboxylic acids is 1. The molecular formula is C74H116N10O12SSi4. The molecule has 27 heteroatoms. The van der Waals surface area contributed by atoms with E-state index in [1.54, 1.807) is 38.8 Å². The third kappa shape index (κ3) is 19.0. The van der Waals surface area contributed by atoms with Gasteiger partial charge in [0.2, 0.25) is 0 Å². The van der Waals surface area contributed by atoms with E-state index in [1.165, 1.54) is 18.1 Å². The molecule has 5 N–H and O–H groups in total. The third-order valence-corrected chi connectivity index (χ3v) is 40.5. The van der Waals surface area contributed by atoms with Crippen molar-refractivity contribution in [3.05, 3.63) is 131 Å². The summed E-state index contributed by atoms with van der Waals surface area (Å²) in [5, 5.41) is 16.8. The summed E-state index contributed by atoms with van der Waals surface area (Å²) >= 11 is 1.49. The number of benzene rings is 3. The molecule has 2 fully saturated rings. The Morgan fingerprint density at radius 3 is 1.77 bits per heavy atom. The molecule has 2 aliphatic heterocycles. The van der Waals surface area contributed by atoms with Crippen molar-refractivity contribution in [2.24, 2.45) is 0 Å². The van der Waals surface area contributed by atoms with Gasteiger partial charge < -0.3 is 58.1 Å². The van der Waals surface area contributed by atoms with Gasteiger partial charge in [-0.3, -0.25) is 14.0 Å². The Hall–Kier alpha value is -5.83. The van der Waals surface area contributed by atoms with Gasteiger partial charge in [-0.15, -0.1) is 11.8 Å². The van der Waals surface area contributed by atoms with E-state index < -0.39 is 111 Å². The summed E-state index contributed by atoms with van der Waals surface area (Å²) in [7, 11) is -8.42. The molecule has 6 aromatic rings. The highest BCUT2D eigenvalue weighted by Crippen LogP contribution is 2.49. The van der Waals surface area contributed by atoms with Gasteiger partial charge in [0, 0.05) is 38.0 Å². The minimum absolute atomic E-state index is 0.0232. The number of carboxylic acid groups (broad SMARTS) is 1. The topological polar surface area (TPSA) is 260 Å². The van der Waals surface area contributed by atoms with E-state index in [0.29, 0.717) is 53.0 Å². The maximum Gasteiger partial charge on any atom is 0.408 e. The second-order valence-electron chi connectivity index (χ2n) is 34.1. The lowest BCUT2D eigenvalue weighted by Gasteiger charge is -2.44. The van der Waals surface area contributed by atoms with Crippen LogP contribution in [0.25, 0.3) is 11.2 Å². The number of imidazole rings is 1. The molecule has 3 aromatic heterocycles. The first kappa shape index (κ1) is 80.8. The van der Waals surface area contributed by atoms with Crippen LogP contribution >= 0.6 is 11.8 Å². The number of thioether (sulfide) groups is 1. The molecule has 0 bridgehead atoms. The highest BCUT2D eigenvalue weighted by Gasteiger charge is 2.56. The van der Waals surface area contributed by atoms with E-state index in [0.717, 1.165) is 16.7 Å². The van der Waals surface area contributed by atoms with E-state index in [-0.39, 0.29) is 45.5 Å². The van der Waals surface area contributed by atoms with Gasteiger partial charge in [0.25, 0.3) is 0 Å². The molecule has 101 heavy (non-hydrogen) atoms. The monoisotopic (exact) mass is 1480 g/mol. The summed E-state index contributed by atoms with van der Waals surface area (Å²) in [4.78, 5) is 63.8. The normalized spacial score (nSPS) is 20.3. The van der Waals surface area contributed by atoms with E-state index in [1.807, 2.05) is 71.4 Å². The van der Waals surface area contributed by atoms with Crippen molar-refractivity contribution in [1.82, 2.24) is 39.3 Å². The van der Waals surface area contributed by atoms with Gasteiger partial charge in [0.15, 0.2) is 51.0 Å². The fourth-order valence-corrected chi connectivity index (χ4v) is 17.4. The minimum Gasteiger partial charge on any atom is -0.497 e. The number of carbonyl (C=O) groups excluding carboxylic acids is 1. The smallest absolute Gasteiger partial charge is 0.408 e. The molecule has 0 radical (unpaired) electrons. The van der Waals surface area contributed by atoms with Crippen LogP contribution in [0, 0.1) is 0 Å². The van der Waals surface area contributed by atoms with Gasteiger partial charge in [0.1, 0.15) is 71.2 Å². The summed E-state index contributed by atoms with van der Waals surface area (Å²) in [5.41, 5.74) is 7.39. The lowest BCUT2D eigenvalue weighted by atomic mass is 9.77. The van der Waals surface area contributed by atoms with Crippen LogP contribution in [0.1, 0.15) is 146 Å². The summed E-state index contributed by atoms with van der Waals surface area (Å²) in [6.45, 7) is 50.5. The average Bonchev–Trinajstić information content (AvgIpc) is 1.74. The lowest BCUT2D eigenvalue weighted by molar-refractivity contribution is -0.139. The maximum absolute atomic E-state index is 15.5. The fourth-order valence-electron chi connectivity index (χ4n) is 11.5. The molecule has 0 unspecified atom stereocenters. The van der Waals surface area contributed by atoms with Crippen LogP contribution in [0.15, 0.2) is 113 Å². The largest absolute Gasteiger partial charge is 0.497 e. The van der Waals surface area contributed by atoms with Gasteiger partial charge in [-0.05, 0) is 129 Å². The summed E-state index contributed by atoms with van der Waals surface area (Å²) in [5.74, 6) is 0.346. The second-order valence-corrected chi connectivity index (χ2v) is 54.4. The number of alkyl carbamates (subject to hydrolysis) is 1. The number of aliphatic carboxylic acids is 1. The number of nitrogen functional groups attached to an aromatic ring is 1. The Balaban J connectivity index is 1.29. The van der Waals surface area contributed by atoms with Crippen molar-refractivity contribution in [2.45, 2.75) is 254 Å². The number of hydrogen-bond donors (Lipinski definition) is 4. The van der Waals surface area contributed by atoms with E-state index in [2.05, 4.69) is 180 Å². The fraction of sp³-hybridized carbons (Fsp3) is 0.608. The Bertz CT molecular complexity index is 3790. The van der Waals surface area contributed by atoms with Crippen LogP contribution in [-0.2, 0) is 42.2 Å². The predicted molar refractivity (Wildman–Crippen MR) is 412 cm³/mol. The predicted octanol–water partition coefficient (Wildman–Crippen LogP) is 15.2. The number of rotatable bonds is 28. The van der Waals surface area contributed by atoms with Gasteiger partial charge in [-0.25, -0.2) is 29.3 Å². The van der Waals surface area contributed by atoms with Crippen molar-refractivity contribution in [3.63, 3.8) is 0 Å². The first-order valence-electron chi connectivity index (χ1n) is 35.3. The van der Waals surface area contributed by atoms with Gasteiger partial charge in [-0.2, -0.15) is 4.98 Å². The number of ether oxygens (including phenoxy) is 4. The molecule has 5 heterocycles. The Kier molecular flexibility index (Phi) is 24.9. The molecule has 2 aliphatic rings. The highest BCUT2D eigenvalue weighted by molar-refractivity contribution is 7.99. The zero-order chi connectivity index (χ0) is 74.9. The number of carbonyl (C=O) groups is 2. The first-order valence-corrected chi connectivity index (χ1v) is 48.0. The zero-order valence-corrected chi connectivity index (χ0v) is 69.3. The maximum atomic E-state index is 15.5. The molecule has 3 aromatic carbocycles. The van der Waals surface area contributed by atoms with Crippen molar-refractivity contribution < 1.29 is 51.3 Å². The number of hydrogen-bond acceptors (Lipinski definition) is 19. The average molecular weight is 1480 g/mol. The molecule has 8 rings (SSSR count). The standard InChI is InChI=1S/C74H116N10O12SSi4/c1-69(2,3)93-68(88)79-53(66(85)86)39-40-82(44-55-60(95-100(21,22)72(10,11)12)61(96-101(23,24)73(13,14)15)65(92-55)84-48-78-59-62(75)76-47-77-64(59)84)41-42-97-57-45-83(58-43-54(94-99(19,20)71(7,8)9)56(91-58)46-90-98(17,18)70(4,5)6)67(87)80-63(57)81-74(49-31-27-25-28-32-49,50-33-29-26-30-34-50)51-35-37-52(89-16)38-36-51/h25-38,45,47-48,53-56,58,60-61,65H,39-44,46H2,1-24H3,(H,79,88)(H,85,86)(H2,75,76,77)(H,80,81,87)/t53-,54-,55+,56+,58-,60+,61+,65+/m0/s1. The lowest BCUT2D eigenvalue weighted by Crippen LogP contribution is -2.55. The molecule has 1 amide bonds. The number of amides is 1. The number of anilines is 2. The Morgan fingerprint density at radius 1 is 0.693 bits per heavy atom. The van der Waals surface area contributed by atoms with Crippen molar-refractivity contribution >= 4 is 79.9 Å². The summed E-state index contributed by atoms with van der Waals surface area (Å²) < 4.78 is 58.8. The van der Waals surface area contributed by atoms with Gasteiger partial charge >= 0.3 is 17.8 Å². The van der Waals surface area contributed by atoms with E-state index in [9.17, 15) is 14.7 Å². The molecular weight excluding hydrogens is 1370 g/mol. The molecule has 0 saturated carbocycles. The first-order chi connectivity index (χ1) is 46.7. The Morgan fingerprint density at radius 2 is 1.24 bits per heavy atom. The van der Waals surface area contributed by atoms with Crippen LogP contribution in [-0.4, -0.2) is 166 Å². The molecule has 2 saturated heterocycles. The van der Waals surface area contributed by atoms with Gasteiger partial charge in [0.05, 0.1) is 31.0 Å². The molecule has 0 spiro atoms. The molecule has 0 aliphatic carbocycles. The van der Waals surface area contributed by atoms with Crippen molar-refractivity contribution in [1.29, 1.82) is 0 Å². The van der Waals surface area contributed by atoms with Crippen LogP contribution in [0.4, 0.5) is 16.4 Å². The number of aromatic nitrogens is 6. The Labute approximate surface area is 608 Å². The number of nitrogens with one attached hydrogen (secondary N) is 2. The second kappa shape index (κ2) is 31.1. The van der Waals surface area contributed by atoms with Crippen LogP contribution in [0.3, 0.4) is 0 Å². The molecule has 8 atom stereocenters. The van der Waals surface area contributed by atoms with Crippen LogP contribution in [0.5, 0.6) is 5.75 Å². The number of nitrogens with zero attached hydrogens (tertiary/aromatic N) is 7. The van der Waals surface area contributed by atoms with E-state index in [4.69, 9.17) is 57.3 Å². The zero-order valence-electron chi connectivity index (χ0n) is 64.4. The van der Waals surface area contributed by atoms with Crippen molar-refractivity contribution in [2.75, 3.05) is 50.2 Å². The SMILES string of the molecule is COc1ccc(C(Nc2nc(=O)n([C@@H]3C[C@H](O[Si](C)(C)C(C)(C)C)[C@@H](CO[Si](C)(C)C(C)(C)C)O3)cc2SCCN(CC[C@H](NC(=O)OC(C)(C)C)C(=O)O)C[C@H]2O[C@@H](n3cnc4c(N)ncnc43)[C@H](O[Si](C)(C)C(C)(C)C)[C@@H]2O[Si](C)(C)C(C)(C)C)(c2ccccc2)c2ccccc2)cc1. The summed E-state index contributed by atoms with van der Waals surface area (Å²) in [6.07, 6.45) is -0.127. The molecule has 22 nitrogen and oxygen atoms in total. The highest BCUT2D eigenvalue weighted by atomic mass is 32.2. The minimum atomic E-state index is -2.68. The number of methoxy groups -OCH3 is 1. The van der Waals surface area contributed by atoms with Gasteiger partial charge in [-0.1, -0.05) is 156 Å². The quantitative estimate of drug-likeness (QED) is 0.0202. The molecule has 556 valence electrons. The van der Waals surface area contributed by atoms with Crippen molar-refractivity contribution in [3.8, 4) is 5.75 Å².